The van der Waals surface area contributed by atoms with E-state index >= 15 is 0 Å². The van der Waals surface area contributed by atoms with Gasteiger partial charge in [-0.2, -0.15) is 5.10 Å². The van der Waals surface area contributed by atoms with Crippen molar-refractivity contribution < 1.29 is 4.79 Å². The SMILES string of the molecule is C[C@H](CCc1ccccc1)NC(=O)c1ccc(-c2cc(-c3ccc(Cl)cc3Cl)[nH]n2)cc1. The summed E-state index contributed by atoms with van der Waals surface area (Å²) < 4.78 is 0. The average Bonchev–Trinajstić information content (AvgIpc) is 3.28. The molecule has 0 fully saturated rings. The smallest absolute Gasteiger partial charge is 0.251 e. The molecule has 1 heterocycles. The molecule has 162 valence electrons. The Morgan fingerprint density at radius 1 is 1.00 bits per heavy atom. The summed E-state index contributed by atoms with van der Waals surface area (Å²) in [5, 5.41) is 11.6. The Hall–Kier alpha value is -3.08. The van der Waals surface area contributed by atoms with Gasteiger partial charge in [-0.25, -0.2) is 0 Å². The van der Waals surface area contributed by atoms with Gasteiger partial charge in [0.25, 0.3) is 5.91 Å². The number of aromatic nitrogens is 2. The zero-order valence-corrected chi connectivity index (χ0v) is 19.1. The van der Waals surface area contributed by atoms with Crippen LogP contribution in [0.2, 0.25) is 10.0 Å². The fourth-order valence-electron chi connectivity index (χ4n) is 3.51. The van der Waals surface area contributed by atoms with Gasteiger partial charge in [0, 0.05) is 27.8 Å². The Morgan fingerprint density at radius 2 is 1.75 bits per heavy atom. The van der Waals surface area contributed by atoms with Crippen LogP contribution >= 0.6 is 23.2 Å². The average molecular weight is 464 g/mol. The molecule has 32 heavy (non-hydrogen) atoms. The second-order valence-electron chi connectivity index (χ2n) is 7.77. The number of H-pyrrole nitrogens is 1. The van der Waals surface area contributed by atoms with Crippen LogP contribution in [0.3, 0.4) is 0 Å². The molecule has 0 spiro atoms. The van der Waals surface area contributed by atoms with Gasteiger partial charge >= 0.3 is 0 Å². The Balaban J connectivity index is 1.38. The summed E-state index contributed by atoms with van der Waals surface area (Å²) in [7, 11) is 0. The minimum atomic E-state index is -0.0761. The van der Waals surface area contributed by atoms with Crippen molar-refractivity contribution in [1.82, 2.24) is 15.5 Å². The van der Waals surface area contributed by atoms with E-state index in [9.17, 15) is 4.79 Å². The van der Waals surface area contributed by atoms with Crippen LogP contribution in [0, 0.1) is 0 Å². The second kappa shape index (κ2) is 10.0. The van der Waals surface area contributed by atoms with Gasteiger partial charge < -0.3 is 5.32 Å². The first kappa shape index (κ1) is 22.1. The molecule has 1 amide bonds. The van der Waals surface area contributed by atoms with Gasteiger partial charge in [0.1, 0.15) is 0 Å². The summed E-state index contributed by atoms with van der Waals surface area (Å²) in [5.41, 5.74) is 5.21. The van der Waals surface area contributed by atoms with E-state index in [0.717, 1.165) is 35.4 Å². The largest absolute Gasteiger partial charge is 0.350 e. The van der Waals surface area contributed by atoms with Gasteiger partial charge in [0.05, 0.1) is 16.4 Å². The number of aryl methyl sites for hydroxylation is 1. The third-order valence-corrected chi connectivity index (χ3v) is 5.88. The van der Waals surface area contributed by atoms with E-state index < -0.39 is 0 Å². The lowest BCUT2D eigenvalue weighted by Crippen LogP contribution is -2.32. The zero-order valence-electron chi connectivity index (χ0n) is 17.6. The third kappa shape index (κ3) is 5.39. The van der Waals surface area contributed by atoms with E-state index in [1.165, 1.54) is 5.56 Å². The molecule has 4 nitrogen and oxygen atoms in total. The maximum atomic E-state index is 12.6. The summed E-state index contributed by atoms with van der Waals surface area (Å²) in [5.74, 6) is -0.0761. The highest BCUT2D eigenvalue weighted by Gasteiger charge is 2.12. The molecule has 6 heteroatoms. The first-order chi connectivity index (χ1) is 15.5. The molecule has 4 rings (SSSR count). The number of amides is 1. The van der Waals surface area contributed by atoms with Crippen molar-refractivity contribution in [2.45, 2.75) is 25.8 Å². The molecular weight excluding hydrogens is 441 g/mol. The molecular formula is C26H23Cl2N3O. The summed E-state index contributed by atoms with van der Waals surface area (Å²) in [4.78, 5) is 12.6. The molecule has 0 saturated heterocycles. The lowest BCUT2D eigenvalue weighted by atomic mass is 10.0. The van der Waals surface area contributed by atoms with Gasteiger partial charge in [0.15, 0.2) is 0 Å². The van der Waals surface area contributed by atoms with Crippen LogP contribution in [0.15, 0.2) is 78.9 Å². The Kier molecular flexibility index (Phi) is 6.93. The van der Waals surface area contributed by atoms with E-state index in [1.54, 1.807) is 12.1 Å². The lowest BCUT2D eigenvalue weighted by molar-refractivity contribution is 0.0938. The quantitative estimate of drug-likeness (QED) is 0.316. The summed E-state index contributed by atoms with van der Waals surface area (Å²) in [6.07, 6.45) is 1.82. The molecule has 0 aliphatic heterocycles. The summed E-state index contributed by atoms with van der Waals surface area (Å²) in [6.45, 7) is 2.03. The van der Waals surface area contributed by atoms with Gasteiger partial charge in [-0.1, -0.05) is 65.7 Å². The maximum absolute atomic E-state index is 12.6. The number of aromatic amines is 1. The Labute approximate surface area is 197 Å². The van der Waals surface area contributed by atoms with Crippen LogP contribution in [0.1, 0.15) is 29.3 Å². The van der Waals surface area contributed by atoms with E-state index in [0.29, 0.717) is 15.6 Å². The van der Waals surface area contributed by atoms with Crippen LogP contribution in [-0.4, -0.2) is 22.1 Å². The number of rotatable bonds is 7. The first-order valence-electron chi connectivity index (χ1n) is 10.5. The zero-order chi connectivity index (χ0) is 22.5. The van der Waals surface area contributed by atoms with Gasteiger partial charge in [-0.3, -0.25) is 9.89 Å². The van der Waals surface area contributed by atoms with Crippen molar-refractivity contribution in [2.24, 2.45) is 0 Å². The molecule has 4 aromatic rings. The number of hydrogen-bond acceptors (Lipinski definition) is 2. The number of nitrogens with zero attached hydrogens (tertiary/aromatic N) is 1. The van der Waals surface area contributed by atoms with Crippen molar-refractivity contribution in [3.63, 3.8) is 0 Å². The predicted molar refractivity (Wildman–Crippen MR) is 131 cm³/mol. The van der Waals surface area contributed by atoms with Crippen LogP contribution < -0.4 is 5.32 Å². The molecule has 1 aromatic heterocycles. The van der Waals surface area contributed by atoms with Crippen molar-refractivity contribution >= 4 is 29.1 Å². The molecule has 2 N–H and O–H groups in total. The van der Waals surface area contributed by atoms with Gasteiger partial charge in [-0.15, -0.1) is 0 Å². The highest BCUT2D eigenvalue weighted by molar-refractivity contribution is 6.36. The minimum absolute atomic E-state index is 0.0761. The molecule has 0 saturated carbocycles. The van der Waals surface area contributed by atoms with Crippen LogP contribution in [0.5, 0.6) is 0 Å². The maximum Gasteiger partial charge on any atom is 0.251 e. The van der Waals surface area contributed by atoms with Crippen molar-refractivity contribution in [3.05, 3.63) is 100 Å². The van der Waals surface area contributed by atoms with Crippen LogP contribution in [0.25, 0.3) is 22.5 Å². The molecule has 0 aliphatic rings. The topological polar surface area (TPSA) is 57.8 Å². The molecule has 3 aromatic carbocycles. The Bertz CT molecular complexity index is 1200. The van der Waals surface area contributed by atoms with E-state index in [-0.39, 0.29) is 11.9 Å². The lowest BCUT2D eigenvalue weighted by Gasteiger charge is -2.14. The molecule has 0 radical (unpaired) electrons. The number of halogens is 2. The fourth-order valence-corrected chi connectivity index (χ4v) is 4.03. The van der Waals surface area contributed by atoms with Gasteiger partial charge in [-0.05, 0) is 61.7 Å². The monoisotopic (exact) mass is 463 g/mol. The number of carbonyl (C=O) groups is 1. The molecule has 0 bridgehead atoms. The second-order valence-corrected chi connectivity index (χ2v) is 8.61. The molecule has 0 aliphatic carbocycles. The third-order valence-electron chi connectivity index (χ3n) is 5.33. The fraction of sp³-hybridized carbons (Fsp3) is 0.154. The molecule has 0 unspecified atom stereocenters. The van der Waals surface area contributed by atoms with Gasteiger partial charge in [0.2, 0.25) is 0 Å². The van der Waals surface area contributed by atoms with E-state index in [2.05, 4.69) is 27.6 Å². The first-order valence-corrected chi connectivity index (χ1v) is 11.2. The van der Waals surface area contributed by atoms with Crippen LogP contribution in [-0.2, 0) is 6.42 Å². The van der Waals surface area contributed by atoms with E-state index in [1.807, 2.05) is 61.5 Å². The van der Waals surface area contributed by atoms with Crippen molar-refractivity contribution in [1.29, 1.82) is 0 Å². The summed E-state index contributed by atoms with van der Waals surface area (Å²) >= 11 is 12.3. The van der Waals surface area contributed by atoms with Crippen LogP contribution in [0.4, 0.5) is 0 Å². The number of nitrogens with one attached hydrogen (secondary N) is 2. The summed E-state index contributed by atoms with van der Waals surface area (Å²) in [6, 6.07) is 25.1. The minimum Gasteiger partial charge on any atom is -0.350 e. The number of benzene rings is 3. The standard InChI is InChI=1S/C26H23Cl2N3O/c1-17(7-8-18-5-3-2-4-6-18)29-26(32)20-11-9-19(10-12-20)24-16-25(31-30-24)22-14-13-21(27)15-23(22)28/h2-6,9-17H,7-8H2,1H3,(H,29,32)(H,30,31)/t17-/m1/s1. The van der Waals surface area contributed by atoms with E-state index in [4.69, 9.17) is 23.2 Å². The Morgan fingerprint density at radius 3 is 2.47 bits per heavy atom. The number of carbonyl (C=O) groups excluding carboxylic acids is 1. The predicted octanol–water partition coefficient (Wildman–Crippen LogP) is 6.80. The highest BCUT2D eigenvalue weighted by atomic mass is 35.5. The van der Waals surface area contributed by atoms with Crippen molar-refractivity contribution in [3.8, 4) is 22.5 Å². The normalized spacial score (nSPS) is 11.8. The number of hydrogen-bond donors (Lipinski definition) is 2. The molecule has 1 atom stereocenters. The highest BCUT2D eigenvalue weighted by Crippen LogP contribution is 2.31. The van der Waals surface area contributed by atoms with Crippen molar-refractivity contribution in [2.75, 3.05) is 0 Å².